The molecule has 0 aliphatic rings. The molecule has 246 valence electrons. The van der Waals surface area contributed by atoms with Gasteiger partial charge >= 0.3 is 0 Å². The Morgan fingerprint density at radius 3 is 0.780 bits per heavy atom. The van der Waals surface area contributed by atoms with Gasteiger partial charge in [-0.05, 0) is 12.1 Å². The lowest BCUT2D eigenvalue weighted by Gasteiger charge is -2.06. The van der Waals surface area contributed by atoms with Crippen LogP contribution in [0.5, 0.6) is 0 Å². The Labute approximate surface area is 290 Å². The first-order valence-corrected chi connectivity index (χ1v) is 15.6. The Hall–Kier alpha value is -6.86. The lowest BCUT2D eigenvalue weighted by Crippen LogP contribution is -2.15. The molecule has 0 radical (unpaired) electrons. The van der Waals surface area contributed by atoms with Gasteiger partial charge in [-0.15, -0.1) is 0 Å². The van der Waals surface area contributed by atoms with Crippen molar-refractivity contribution in [2.24, 2.45) is 0 Å². The maximum Gasteiger partial charge on any atom is 0.235 e. The molecule has 0 spiro atoms. The van der Waals surface area contributed by atoms with Crippen LogP contribution in [0.15, 0.2) is 176 Å². The van der Waals surface area contributed by atoms with Crippen molar-refractivity contribution < 1.29 is 28.8 Å². The Kier molecular flexibility index (Phi) is 13.3. The van der Waals surface area contributed by atoms with E-state index in [0.29, 0.717) is 39.1 Å². The van der Waals surface area contributed by atoms with Gasteiger partial charge in [-0.3, -0.25) is 28.8 Å². The number of para-hydroxylation sites is 1. The Morgan fingerprint density at radius 1 is 0.300 bits per heavy atom. The summed E-state index contributed by atoms with van der Waals surface area (Å²) in [6.45, 7) is 0. The minimum Gasteiger partial charge on any atom is -0.388 e. The van der Waals surface area contributed by atoms with Crippen molar-refractivity contribution in [2.75, 3.05) is 12.4 Å². The summed E-state index contributed by atoms with van der Waals surface area (Å²) in [7, 11) is 1.72. The largest absolute Gasteiger partial charge is 0.388 e. The highest BCUT2D eigenvalue weighted by Gasteiger charge is 2.20. The highest BCUT2D eigenvalue weighted by Crippen LogP contribution is 2.17. The predicted octanol–water partition coefficient (Wildman–Crippen LogP) is 8.30. The fourth-order valence-corrected chi connectivity index (χ4v) is 4.62. The van der Waals surface area contributed by atoms with E-state index < -0.39 is 34.7 Å². The summed E-state index contributed by atoms with van der Waals surface area (Å²) in [6, 6.07) is 49.9. The summed E-state index contributed by atoms with van der Waals surface area (Å²) in [5.41, 5.74) is 3.18. The summed E-state index contributed by atoms with van der Waals surface area (Å²) < 4.78 is 0. The molecule has 0 aliphatic heterocycles. The van der Waals surface area contributed by atoms with Crippen molar-refractivity contribution in [1.29, 1.82) is 0 Å². The van der Waals surface area contributed by atoms with Crippen LogP contribution < -0.4 is 5.32 Å². The fourth-order valence-electron chi connectivity index (χ4n) is 4.62. The van der Waals surface area contributed by atoms with E-state index in [0.717, 1.165) is 0 Å². The van der Waals surface area contributed by atoms with E-state index in [9.17, 15) is 28.8 Å². The van der Waals surface area contributed by atoms with Crippen LogP contribution in [0.4, 0.5) is 5.69 Å². The zero-order valence-corrected chi connectivity index (χ0v) is 27.2. The molecule has 6 aromatic carbocycles. The number of carbonyl (C=O) groups excluding carboxylic acids is 6. The van der Waals surface area contributed by atoms with Crippen molar-refractivity contribution in [2.45, 2.75) is 0 Å². The number of Topliss-reactive ketones (excluding diaryl/α,β-unsaturated/α-hetero) is 6. The molecule has 6 aromatic rings. The third kappa shape index (κ3) is 9.82. The van der Waals surface area contributed by atoms with Gasteiger partial charge in [-0.1, -0.05) is 164 Å². The van der Waals surface area contributed by atoms with Crippen LogP contribution in [0.2, 0.25) is 0 Å². The molecule has 6 rings (SSSR count). The van der Waals surface area contributed by atoms with Crippen LogP contribution in [-0.4, -0.2) is 41.7 Å². The van der Waals surface area contributed by atoms with E-state index >= 15 is 0 Å². The molecule has 1 N–H and O–H groups in total. The SMILES string of the molecule is CNc1ccccc1C(=O)C(=O)c1ccccc1.O=C(C(=O)c1ccccc1)c1ccccc1.O=C(C(=O)c1ccccc1)c1ccccc1. The van der Waals surface area contributed by atoms with Crippen molar-refractivity contribution in [3.63, 3.8) is 0 Å². The molecule has 0 unspecified atom stereocenters. The van der Waals surface area contributed by atoms with Crippen LogP contribution >= 0.6 is 0 Å². The lowest BCUT2D eigenvalue weighted by molar-refractivity contribution is 0.0817. The zero-order chi connectivity index (χ0) is 35.7. The topological polar surface area (TPSA) is 114 Å². The molecule has 50 heavy (non-hydrogen) atoms. The van der Waals surface area contributed by atoms with E-state index in [2.05, 4.69) is 5.32 Å². The van der Waals surface area contributed by atoms with Gasteiger partial charge in [0.15, 0.2) is 0 Å². The van der Waals surface area contributed by atoms with Crippen LogP contribution in [0.25, 0.3) is 0 Å². The van der Waals surface area contributed by atoms with Gasteiger partial charge in [0.2, 0.25) is 34.7 Å². The lowest BCUT2D eigenvalue weighted by atomic mass is 10.0. The minimum atomic E-state index is -0.494. The highest BCUT2D eigenvalue weighted by atomic mass is 16.2. The van der Waals surface area contributed by atoms with Crippen molar-refractivity contribution in [3.05, 3.63) is 209 Å². The van der Waals surface area contributed by atoms with Gasteiger partial charge in [0.25, 0.3) is 0 Å². The number of carbonyl (C=O) groups is 6. The van der Waals surface area contributed by atoms with Gasteiger partial charge in [0.1, 0.15) is 0 Å². The van der Waals surface area contributed by atoms with E-state index in [1.54, 1.807) is 147 Å². The predicted molar refractivity (Wildman–Crippen MR) is 194 cm³/mol. The van der Waals surface area contributed by atoms with E-state index in [4.69, 9.17) is 0 Å². The third-order valence-corrected chi connectivity index (χ3v) is 7.24. The molecule has 0 saturated heterocycles. The van der Waals surface area contributed by atoms with Gasteiger partial charge in [-0.2, -0.15) is 0 Å². The number of hydrogen-bond donors (Lipinski definition) is 1. The number of ketones is 6. The van der Waals surface area contributed by atoms with Crippen LogP contribution in [0, 0.1) is 0 Å². The second-order valence-electron chi connectivity index (χ2n) is 10.6. The zero-order valence-electron chi connectivity index (χ0n) is 27.2. The van der Waals surface area contributed by atoms with Gasteiger partial charge in [-0.25, -0.2) is 0 Å². The number of nitrogens with one attached hydrogen (secondary N) is 1. The highest BCUT2D eigenvalue weighted by molar-refractivity contribution is 6.50. The molecule has 0 aromatic heterocycles. The maximum absolute atomic E-state index is 12.1. The van der Waals surface area contributed by atoms with Gasteiger partial charge in [0, 0.05) is 46.1 Å². The summed E-state index contributed by atoms with van der Waals surface area (Å²) >= 11 is 0. The molecule has 0 aliphatic carbocycles. The standard InChI is InChI=1S/C15H13NO2.2C14H10O2/c1-16-13-10-6-5-9-12(13)15(18)14(17)11-7-3-2-4-8-11;2*15-13(11-7-3-1-4-8-11)14(16)12-9-5-2-6-10-12/h2-10,16H,1H3;2*1-10H. The summed E-state index contributed by atoms with van der Waals surface area (Å²) in [6.07, 6.45) is 0. The summed E-state index contributed by atoms with van der Waals surface area (Å²) in [5.74, 6) is -2.85. The molecule has 0 bridgehead atoms. The second kappa shape index (κ2) is 18.5. The maximum atomic E-state index is 12.1. The first-order chi connectivity index (χ1) is 24.3. The second-order valence-corrected chi connectivity index (χ2v) is 10.6. The number of benzene rings is 6. The summed E-state index contributed by atoms with van der Waals surface area (Å²) in [5, 5.41) is 2.91. The molecule has 0 atom stereocenters. The quantitative estimate of drug-likeness (QED) is 0.116. The number of hydrogen-bond acceptors (Lipinski definition) is 7. The first-order valence-electron chi connectivity index (χ1n) is 15.6. The minimum absolute atomic E-state index is 0.397. The van der Waals surface area contributed by atoms with Crippen molar-refractivity contribution >= 4 is 40.4 Å². The molecular weight excluding hydrogens is 626 g/mol. The van der Waals surface area contributed by atoms with E-state index in [-0.39, 0.29) is 0 Å². The van der Waals surface area contributed by atoms with Gasteiger partial charge < -0.3 is 5.32 Å². The molecular formula is C43H33NO6. The molecule has 7 heteroatoms. The van der Waals surface area contributed by atoms with Crippen LogP contribution in [-0.2, 0) is 0 Å². The average molecular weight is 660 g/mol. The number of rotatable bonds is 10. The third-order valence-electron chi connectivity index (χ3n) is 7.24. The molecule has 0 saturated carbocycles. The van der Waals surface area contributed by atoms with E-state index in [1.807, 2.05) is 36.4 Å². The molecule has 7 nitrogen and oxygen atoms in total. The average Bonchev–Trinajstić information content (AvgIpc) is 3.21. The normalized spacial score (nSPS) is 9.78. The van der Waals surface area contributed by atoms with Gasteiger partial charge in [0.05, 0.1) is 0 Å². The Bertz CT molecular complexity index is 1860. The molecule has 0 amide bonds. The smallest absolute Gasteiger partial charge is 0.235 e. The Morgan fingerprint density at radius 2 is 0.520 bits per heavy atom. The van der Waals surface area contributed by atoms with Crippen molar-refractivity contribution in [3.8, 4) is 0 Å². The first kappa shape index (κ1) is 36.0. The van der Waals surface area contributed by atoms with E-state index in [1.165, 1.54) is 0 Å². The van der Waals surface area contributed by atoms with Crippen molar-refractivity contribution in [1.82, 2.24) is 0 Å². The molecule has 0 fully saturated rings. The monoisotopic (exact) mass is 659 g/mol. The Balaban J connectivity index is 0.000000169. The van der Waals surface area contributed by atoms with Crippen LogP contribution in [0.1, 0.15) is 62.1 Å². The van der Waals surface area contributed by atoms with Crippen LogP contribution in [0.3, 0.4) is 0 Å². The number of anilines is 1. The fraction of sp³-hybridized carbons (Fsp3) is 0.0233. The summed E-state index contributed by atoms with van der Waals surface area (Å²) in [4.78, 5) is 71.4. The molecule has 0 heterocycles.